The highest BCUT2D eigenvalue weighted by Gasteiger charge is 2.22. The van der Waals surface area contributed by atoms with Crippen molar-refractivity contribution in [3.8, 4) is 17.3 Å². The van der Waals surface area contributed by atoms with E-state index < -0.39 is 5.91 Å². The van der Waals surface area contributed by atoms with Gasteiger partial charge in [0.1, 0.15) is 11.3 Å². The quantitative estimate of drug-likeness (QED) is 0.498. The molecule has 1 amide bonds. The Bertz CT molecular complexity index is 1280. The number of carbonyl (C=O) groups is 1. The average Bonchev–Trinajstić information content (AvgIpc) is 3.43. The van der Waals surface area contributed by atoms with Crippen molar-refractivity contribution < 1.29 is 18.5 Å². The minimum atomic E-state index is -0.392. The lowest BCUT2D eigenvalue weighted by Gasteiger charge is -2.28. The third-order valence-corrected chi connectivity index (χ3v) is 5.89. The Kier molecular flexibility index (Phi) is 5.36. The van der Waals surface area contributed by atoms with Crippen molar-refractivity contribution in [1.82, 2.24) is 20.4 Å². The molecular formula is C24H24N4O4. The molecular weight excluding hydrogens is 408 g/mol. The first-order chi connectivity index (χ1) is 15.6. The number of carbonyl (C=O) groups excluding carboxylic acids is 1. The highest BCUT2D eigenvalue weighted by Crippen LogP contribution is 2.33. The Hall–Kier alpha value is -3.65. The summed E-state index contributed by atoms with van der Waals surface area (Å²) in [7, 11) is 1.62. The predicted octanol–water partition coefficient (Wildman–Crippen LogP) is 3.59. The minimum Gasteiger partial charge on any atom is -0.497 e. The number of nitrogens with zero attached hydrogens (tertiary/aromatic N) is 3. The maximum absolute atomic E-state index is 12.5. The number of amides is 1. The molecule has 5 rings (SSSR count). The van der Waals surface area contributed by atoms with Gasteiger partial charge in [0, 0.05) is 37.1 Å². The summed E-state index contributed by atoms with van der Waals surface area (Å²) in [6.45, 7) is 5.04. The number of aromatic nitrogens is 2. The van der Waals surface area contributed by atoms with E-state index in [1.54, 1.807) is 7.11 Å². The number of furan rings is 1. The van der Waals surface area contributed by atoms with Gasteiger partial charge < -0.3 is 19.0 Å². The molecule has 0 fully saturated rings. The Balaban J connectivity index is 1.22. The van der Waals surface area contributed by atoms with Gasteiger partial charge >= 0.3 is 11.8 Å². The number of ether oxygens (including phenoxy) is 1. The van der Waals surface area contributed by atoms with Gasteiger partial charge in [0.2, 0.25) is 5.82 Å². The average molecular weight is 432 g/mol. The lowest BCUT2D eigenvalue weighted by atomic mass is 10.00. The van der Waals surface area contributed by atoms with Gasteiger partial charge in [-0.25, -0.2) is 0 Å². The summed E-state index contributed by atoms with van der Waals surface area (Å²) in [5.41, 5.74) is 4.31. The molecule has 3 heterocycles. The van der Waals surface area contributed by atoms with Crippen LogP contribution in [0.4, 0.5) is 0 Å². The Morgan fingerprint density at radius 2 is 2.06 bits per heavy atom. The van der Waals surface area contributed by atoms with Crippen LogP contribution in [0, 0.1) is 6.92 Å². The fourth-order valence-corrected chi connectivity index (χ4v) is 4.10. The Labute approximate surface area is 185 Å². The number of fused-ring (bicyclic) bond motifs is 2. The third kappa shape index (κ3) is 3.85. The van der Waals surface area contributed by atoms with E-state index in [1.165, 1.54) is 11.1 Å². The first-order valence-corrected chi connectivity index (χ1v) is 10.6. The van der Waals surface area contributed by atoms with Crippen molar-refractivity contribution in [1.29, 1.82) is 0 Å². The summed E-state index contributed by atoms with van der Waals surface area (Å²) in [4.78, 5) is 19.1. The number of rotatable bonds is 6. The molecule has 0 spiro atoms. The molecule has 32 heavy (non-hydrogen) atoms. The van der Waals surface area contributed by atoms with Crippen LogP contribution >= 0.6 is 0 Å². The maximum Gasteiger partial charge on any atom is 0.316 e. The summed E-state index contributed by atoms with van der Waals surface area (Å²) < 4.78 is 16.4. The van der Waals surface area contributed by atoms with Crippen molar-refractivity contribution in [2.24, 2.45) is 0 Å². The van der Waals surface area contributed by atoms with Crippen molar-refractivity contribution in [3.05, 3.63) is 65.0 Å². The number of hydrogen-bond donors (Lipinski definition) is 1. The van der Waals surface area contributed by atoms with Crippen LogP contribution in [0.1, 0.15) is 27.4 Å². The standard InChI is InChI=1S/C24H24N4O4/c1-15-19-13-18(30-2)7-8-20(19)31-21(15)22-26-24(32-27-22)23(29)25-10-12-28-11-9-16-5-3-4-6-17(16)14-28/h3-8,13H,9-12,14H2,1-2H3,(H,25,29). The molecule has 0 bridgehead atoms. The second-order valence-corrected chi connectivity index (χ2v) is 7.89. The summed E-state index contributed by atoms with van der Waals surface area (Å²) in [5, 5.41) is 7.72. The van der Waals surface area contributed by atoms with E-state index in [0.29, 0.717) is 17.9 Å². The number of aryl methyl sites for hydroxylation is 1. The second-order valence-electron chi connectivity index (χ2n) is 7.89. The van der Waals surface area contributed by atoms with Crippen LogP contribution in [0.3, 0.4) is 0 Å². The Morgan fingerprint density at radius 3 is 2.91 bits per heavy atom. The Morgan fingerprint density at radius 1 is 1.22 bits per heavy atom. The molecule has 1 aliphatic rings. The van der Waals surface area contributed by atoms with Gasteiger partial charge in [-0.15, -0.1) is 0 Å². The van der Waals surface area contributed by atoms with Gasteiger partial charge in [0.05, 0.1) is 7.11 Å². The summed E-state index contributed by atoms with van der Waals surface area (Å²) in [6, 6.07) is 14.0. The largest absolute Gasteiger partial charge is 0.497 e. The van der Waals surface area contributed by atoms with Crippen molar-refractivity contribution in [2.45, 2.75) is 19.9 Å². The zero-order valence-corrected chi connectivity index (χ0v) is 18.1. The molecule has 1 N–H and O–H groups in total. The molecule has 4 aromatic rings. The molecule has 2 aromatic heterocycles. The number of nitrogens with one attached hydrogen (secondary N) is 1. The van der Waals surface area contributed by atoms with Gasteiger partial charge in [-0.3, -0.25) is 9.69 Å². The van der Waals surface area contributed by atoms with Gasteiger partial charge in [-0.05, 0) is 42.7 Å². The maximum atomic E-state index is 12.5. The molecule has 164 valence electrons. The second kappa shape index (κ2) is 8.47. The molecule has 8 nitrogen and oxygen atoms in total. The highest BCUT2D eigenvalue weighted by molar-refractivity contribution is 5.91. The zero-order valence-electron chi connectivity index (χ0n) is 18.1. The van der Waals surface area contributed by atoms with Crippen LogP contribution in [0.15, 0.2) is 51.4 Å². The van der Waals surface area contributed by atoms with Gasteiger partial charge in [-0.1, -0.05) is 29.4 Å². The molecule has 2 aromatic carbocycles. The molecule has 0 saturated carbocycles. The fraction of sp³-hybridized carbons (Fsp3) is 0.292. The highest BCUT2D eigenvalue weighted by atomic mass is 16.5. The normalized spacial score (nSPS) is 13.8. The first kappa shape index (κ1) is 20.3. The van der Waals surface area contributed by atoms with E-state index >= 15 is 0 Å². The number of benzene rings is 2. The smallest absolute Gasteiger partial charge is 0.316 e. The van der Waals surface area contributed by atoms with Gasteiger partial charge in [0.25, 0.3) is 0 Å². The van der Waals surface area contributed by atoms with Crippen LogP contribution < -0.4 is 10.1 Å². The summed E-state index contributed by atoms with van der Waals surface area (Å²) in [5.74, 6) is 0.981. The number of hydrogen-bond acceptors (Lipinski definition) is 7. The molecule has 0 atom stereocenters. The van der Waals surface area contributed by atoms with Gasteiger partial charge in [0.15, 0.2) is 5.76 Å². The lowest BCUT2D eigenvalue weighted by molar-refractivity contribution is 0.0903. The van der Waals surface area contributed by atoms with E-state index in [0.717, 1.165) is 42.8 Å². The van der Waals surface area contributed by atoms with E-state index in [4.69, 9.17) is 13.7 Å². The molecule has 8 heteroatoms. The summed E-state index contributed by atoms with van der Waals surface area (Å²) in [6.07, 6.45) is 1.03. The summed E-state index contributed by atoms with van der Waals surface area (Å²) >= 11 is 0. The molecule has 0 saturated heterocycles. The predicted molar refractivity (Wildman–Crippen MR) is 119 cm³/mol. The van der Waals surface area contributed by atoms with Gasteiger partial charge in [-0.2, -0.15) is 4.98 Å². The van der Waals surface area contributed by atoms with Crippen molar-refractivity contribution in [2.75, 3.05) is 26.7 Å². The van der Waals surface area contributed by atoms with Crippen LogP contribution in [0.25, 0.3) is 22.6 Å². The lowest BCUT2D eigenvalue weighted by Crippen LogP contribution is -2.37. The SMILES string of the molecule is COc1ccc2oc(-c3noc(C(=O)NCCN4CCc5ccccc5C4)n3)c(C)c2c1. The zero-order chi connectivity index (χ0) is 22.1. The van der Waals surface area contributed by atoms with E-state index in [1.807, 2.05) is 25.1 Å². The van der Waals surface area contributed by atoms with E-state index in [9.17, 15) is 4.79 Å². The van der Waals surface area contributed by atoms with Crippen LogP contribution in [0.2, 0.25) is 0 Å². The minimum absolute atomic E-state index is 0.0820. The first-order valence-electron chi connectivity index (χ1n) is 10.6. The fourth-order valence-electron chi connectivity index (χ4n) is 4.10. The third-order valence-electron chi connectivity index (χ3n) is 5.89. The molecule has 1 aliphatic heterocycles. The topological polar surface area (TPSA) is 93.6 Å². The monoisotopic (exact) mass is 432 g/mol. The van der Waals surface area contributed by atoms with E-state index in [-0.39, 0.29) is 11.7 Å². The molecule has 0 unspecified atom stereocenters. The van der Waals surface area contributed by atoms with Crippen LogP contribution in [0.5, 0.6) is 5.75 Å². The van der Waals surface area contributed by atoms with Crippen molar-refractivity contribution >= 4 is 16.9 Å². The molecule has 0 radical (unpaired) electrons. The van der Waals surface area contributed by atoms with Crippen LogP contribution in [-0.2, 0) is 13.0 Å². The van der Waals surface area contributed by atoms with E-state index in [2.05, 4.69) is 44.6 Å². The molecule has 0 aliphatic carbocycles. The number of methoxy groups -OCH3 is 1. The van der Waals surface area contributed by atoms with Crippen LogP contribution in [-0.4, -0.2) is 47.7 Å². The van der Waals surface area contributed by atoms with Crippen molar-refractivity contribution in [3.63, 3.8) is 0 Å².